The Morgan fingerprint density at radius 1 is 1.19 bits per heavy atom. The minimum Gasteiger partial charge on any atom is -0.457 e. The number of ketones is 1. The van der Waals surface area contributed by atoms with Gasteiger partial charge in [-0.25, -0.2) is 0 Å². The Kier molecular flexibility index (Phi) is 3.57. The summed E-state index contributed by atoms with van der Waals surface area (Å²) in [6.45, 7) is 0. The first-order chi connectivity index (χ1) is 7.77. The van der Waals surface area contributed by atoms with E-state index in [0.29, 0.717) is 16.7 Å². The van der Waals surface area contributed by atoms with Crippen molar-refractivity contribution in [3.63, 3.8) is 0 Å². The van der Waals surface area contributed by atoms with Crippen LogP contribution in [0.4, 0.5) is 0 Å². The monoisotopic (exact) mass is 278 g/mol. The van der Waals surface area contributed by atoms with Gasteiger partial charge in [0.2, 0.25) is 0 Å². The molecule has 2 nitrogen and oxygen atoms in total. The van der Waals surface area contributed by atoms with Gasteiger partial charge in [-0.2, -0.15) is 0 Å². The SMILES string of the molecule is O=C(CCc1ccccc1)c1ccoc1Br. The molecule has 16 heavy (non-hydrogen) atoms. The molecule has 0 saturated heterocycles. The Morgan fingerprint density at radius 3 is 2.56 bits per heavy atom. The lowest BCUT2D eigenvalue weighted by Gasteiger charge is -1.99. The third-order valence-corrected chi connectivity index (χ3v) is 3.02. The molecule has 2 rings (SSSR count). The minimum absolute atomic E-state index is 0.101. The van der Waals surface area contributed by atoms with Crippen molar-refractivity contribution in [3.8, 4) is 0 Å². The summed E-state index contributed by atoms with van der Waals surface area (Å²) in [6, 6.07) is 11.7. The highest BCUT2D eigenvalue weighted by atomic mass is 79.9. The Balaban J connectivity index is 1.97. The van der Waals surface area contributed by atoms with E-state index in [9.17, 15) is 4.79 Å². The molecule has 0 aliphatic rings. The van der Waals surface area contributed by atoms with Crippen LogP contribution in [-0.2, 0) is 6.42 Å². The predicted molar refractivity (Wildman–Crippen MR) is 65.5 cm³/mol. The zero-order valence-electron chi connectivity index (χ0n) is 8.65. The molecule has 1 aromatic heterocycles. The molecule has 1 heterocycles. The molecule has 0 unspecified atom stereocenters. The van der Waals surface area contributed by atoms with Crippen LogP contribution in [0.5, 0.6) is 0 Å². The summed E-state index contributed by atoms with van der Waals surface area (Å²) in [7, 11) is 0. The van der Waals surface area contributed by atoms with E-state index >= 15 is 0 Å². The first kappa shape index (κ1) is 11.1. The fraction of sp³-hybridized carbons (Fsp3) is 0.154. The summed E-state index contributed by atoms with van der Waals surface area (Å²) in [5.41, 5.74) is 1.80. The van der Waals surface area contributed by atoms with Crippen LogP contribution in [0.1, 0.15) is 22.3 Å². The number of carbonyl (C=O) groups excluding carboxylic acids is 1. The average molecular weight is 279 g/mol. The van der Waals surface area contributed by atoms with E-state index in [-0.39, 0.29) is 5.78 Å². The van der Waals surface area contributed by atoms with E-state index in [0.717, 1.165) is 6.42 Å². The van der Waals surface area contributed by atoms with E-state index < -0.39 is 0 Å². The highest BCUT2D eigenvalue weighted by Gasteiger charge is 2.12. The standard InChI is InChI=1S/C13H11BrO2/c14-13-11(8-9-16-13)12(15)7-6-10-4-2-1-3-5-10/h1-5,8-9H,6-7H2. The Bertz CT molecular complexity index is 474. The van der Waals surface area contributed by atoms with Gasteiger partial charge in [0, 0.05) is 6.42 Å². The molecule has 2 aromatic rings. The molecule has 0 N–H and O–H groups in total. The number of hydrogen-bond acceptors (Lipinski definition) is 2. The number of hydrogen-bond donors (Lipinski definition) is 0. The second kappa shape index (κ2) is 5.12. The van der Waals surface area contributed by atoms with Crippen molar-refractivity contribution in [3.05, 3.63) is 58.5 Å². The van der Waals surface area contributed by atoms with E-state index in [4.69, 9.17) is 4.42 Å². The van der Waals surface area contributed by atoms with Crippen molar-refractivity contribution < 1.29 is 9.21 Å². The molecule has 0 amide bonds. The number of carbonyl (C=O) groups is 1. The summed E-state index contributed by atoms with van der Waals surface area (Å²) >= 11 is 3.21. The molecule has 3 heteroatoms. The van der Waals surface area contributed by atoms with E-state index in [1.54, 1.807) is 6.07 Å². The van der Waals surface area contributed by atoms with Gasteiger partial charge >= 0.3 is 0 Å². The van der Waals surface area contributed by atoms with Gasteiger partial charge in [0.05, 0.1) is 11.8 Å². The Labute approximate surface area is 102 Å². The van der Waals surface area contributed by atoms with Crippen molar-refractivity contribution in [1.29, 1.82) is 0 Å². The first-order valence-corrected chi connectivity index (χ1v) is 5.87. The number of rotatable bonds is 4. The fourth-order valence-corrected chi connectivity index (χ4v) is 1.99. The lowest BCUT2D eigenvalue weighted by molar-refractivity contribution is 0.0981. The van der Waals surface area contributed by atoms with Crippen molar-refractivity contribution in [1.82, 2.24) is 0 Å². The van der Waals surface area contributed by atoms with Crippen LogP contribution in [0.3, 0.4) is 0 Å². The zero-order chi connectivity index (χ0) is 11.4. The van der Waals surface area contributed by atoms with Crippen molar-refractivity contribution in [2.75, 3.05) is 0 Å². The van der Waals surface area contributed by atoms with Gasteiger partial charge in [-0.3, -0.25) is 4.79 Å². The molecule has 82 valence electrons. The van der Waals surface area contributed by atoms with Crippen LogP contribution >= 0.6 is 15.9 Å². The second-order valence-corrected chi connectivity index (χ2v) is 4.24. The quantitative estimate of drug-likeness (QED) is 0.795. The van der Waals surface area contributed by atoms with Crippen molar-refractivity contribution in [2.24, 2.45) is 0 Å². The van der Waals surface area contributed by atoms with Crippen LogP contribution in [-0.4, -0.2) is 5.78 Å². The van der Waals surface area contributed by atoms with Crippen molar-refractivity contribution >= 4 is 21.7 Å². The summed E-state index contributed by atoms with van der Waals surface area (Å²) in [6.07, 6.45) is 2.78. The number of benzene rings is 1. The molecule has 1 aromatic carbocycles. The predicted octanol–water partition coefficient (Wildman–Crippen LogP) is 3.86. The maximum absolute atomic E-state index is 11.8. The molecule has 0 spiro atoms. The maximum atomic E-state index is 11.8. The third kappa shape index (κ3) is 2.61. The third-order valence-electron chi connectivity index (χ3n) is 2.40. The van der Waals surface area contributed by atoms with Crippen LogP contribution in [0.15, 0.2) is 51.7 Å². The minimum atomic E-state index is 0.101. The van der Waals surface area contributed by atoms with Gasteiger partial charge in [-0.1, -0.05) is 30.3 Å². The van der Waals surface area contributed by atoms with Crippen LogP contribution in [0, 0.1) is 0 Å². The molecule has 0 saturated carbocycles. The molecule has 0 aliphatic carbocycles. The van der Waals surface area contributed by atoms with E-state index in [1.807, 2.05) is 30.3 Å². The highest BCUT2D eigenvalue weighted by Crippen LogP contribution is 2.19. The molecule has 0 radical (unpaired) electrons. The van der Waals surface area contributed by atoms with Gasteiger partial charge in [-0.15, -0.1) is 0 Å². The van der Waals surface area contributed by atoms with Crippen LogP contribution < -0.4 is 0 Å². The van der Waals surface area contributed by atoms with Gasteiger partial charge in [0.15, 0.2) is 10.5 Å². The number of aryl methyl sites for hydroxylation is 1. The van der Waals surface area contributed by atoms with E-state index in [2.05, 4.69) is 15.9 Å². The lowest BCUT2D eigenvalue weighted by Crippen LogP contribution is -2.00. The van der Waals surface area contributed by atoms with Gasteiger partial charge in [-0.05, 0) is 34.0 Å². The second-order valence-electron chi connectivity index (χ2n) is 3.52. The maximum Gasteiger partial charge on any atom is 0.179 e. The lowest BCUT2D eigenvalue weighted by atomic mass is 10.1. The van der Waals surface area contributed by atoms with Crippen LogP contribution in [0.2, 0.25) is 0 Å². The number of furan rings is 1. The summed E-state index contributed by atoms with van der Waals surface area (Å²) < 4.78 is 5.55. The Morgan fingerprint density at radius 2 is 1.94 bits per heavy atom. The molecule has 0 aliphatic heterocycles. The Hall–Kier alpha value is -1.35. The summed E-state index contributed by atoms with van der Waals surface area (Å²) in [4.78, 5) is 11.8. The fourth-order valence-electron chi connectivity index (χ4n) is 1.53. The zero-order valence-corrected chi connectivity index (χ0v) is 10.2. The topological polar surface area (TPSA) is 30.2 Å². The van der Waals surface area contributed by atoms with Crippen LogP contribution in [0.25, 0.3) is 0 Å². The summed E-state index contributed by atoms with van der Waals surface area (Å²) in [5.74, 6) is 0.101. The molecular weight excluding hydrogens is 268 g/mol. The summed E-state index contributed by atoms with van der Waals surface area (Å²) in [5, 5.41) is 0. The first-order valence-electron chi connectivity index (χ1n) is 5.07. The average Bonchev–Trinajstić information content (AvgIpc) is 2.74. The molecule has 0 bridgehead atoms. The molecule has 0 fully saturated rings. The van der Waals surface area contributed by atoms with E-state index in [1.165, 1.54) is 11.8 Å². The largest absolute Gasteiger partial charge is 0.457 e. The van der Waals surface area contributed by atoms with Gasteiger partial charge in [0.25, 0.3) is 0 Å². The number of Topliss-reactive ketones (excluding diaryl/α,β-unsaturated/α-hetero) is 1. The smallest absolute Gasteiger partial charge is 0.179 e. The molecule has 0 atom stereocenters. The molecular formula is C13H11BrO2. The number of halogens is 1. The van der Waals surface area contributed by atoms with Gasteiger partial charge < -0.3 is 4.42 Å². The highest BCUT2D eigenvalue weighted by molar-refractivity contribution is 9.10. The van der Waals surface area contributed by atoms with Crippen molar-refractivity contribution in [2.45, 2.75) is 12.8 Å². The normalized spacial score (nSPS) is 10.3. The van der Waals surface area contributed by atoms with Gasteiger partial charge in [0.1, 0.15) is 0 Å².